The molecule has 4 nitrogen and oxygen atoms in total. The predicted octanol–water partition coefficient (Wildman–Crippen LogP) is -1.19. The van der Waals surface area contributed by atoms with Gasteiger partial charge in [-0.05, 0) is 6.92 Å². The van der Waals surface area contributed by atoms with E-state index in [0.29, 0.717) is 0 Å². The summed E-state index contributed by atoms with van der Waals surface area (Å²) in [7, 11) is 0. The number of rotatable bonds is 2. The maximum Gasteiger partial charge on any atom is 0.335 e. The summed E-state index contributed by atoms with van der Waals surface area (Å²) in [5.74, 6) is -1.40. The van der Waals surface area contributed by atoms with Crippen LogP contribution in [0.2, 0.25) is 0 Å². The first-order valence-electron chi connectivity index (χ1n) is 2.14. The highest BCUT2D eigenvalue weighted by atomic mass is 16.4. The Hall–Kier alpha value is -0.610. The molecule has 0 radical (unpaired) electrons. The fourth-order valence-corrected chi connectivity index (χ4v) is 0.206. The van der Waals surface area contributed by atoms with Crippen molar-refractivity contribution in [3.8, 4) is 0 Å². The second-order valence-corrected chi connectivity index (χ2v) is 1.52. The van der Waals surface area contributed by atoms with Crippen LogP contribution in [0.4, 0.5) is 0 Å². The van der Waals surface area contributed by atoms with Gasteiger partial charge in [0.1, 0.15) is 0 Å². The van der Waals surface area contributed by atoms with Crippen molar-refractivity contribution in [1.29, 1.82) is 0 Å². The van der Waals surface area contributed by atoms with Gasteiger partial charge in [-0.2, -0.15) is 0 Å². The summed E-state index contributed by atoms with van der Waals surface area (Å²) >= 11 is 0. The highest BCUT2D eigenvalue weighted by Crippen LogP contribution is 1.89. The first-order chi connectivity index (χ1) is 3.55. The van der Waals surface area contributed by atoms with Gasteiger partial charge in [-0.15, -0.1) is 0 Å². The molecule has 48 valence electrons. The molecule has 0 rings (SSSR count). The molecule has 4 heteroatoms. The van der Waals surface area contributed by atoms with Gasteiger partial charge in [0.05, 0.1) is 6.10 Å². The molecular formula is C4H8O4. The Kier molecular flexibility index (Phi) is 2.44. The SMILES string of the molecule is C[C@@H](O)C(O)C(=O)O. The van der Waals surface area contributed by atoms with Crippen LogP contribution in [0.1, 0.15) is 6.92 Å². The summed E-state index contributed by atoms with van der Waals surface area (Å²) in [5, 5.41) is 24.7. The number of hydrogen-bond acceptors (Lipinski definition) is 3. The van der Waals surface area contributed by atoms with Crippen molar-refractivity contribution in [3.63, 3.8) is 0 Å². The number of carboxylic acids is 1. The molecule has 0 aromatic rings. The van der Waals surface area contributed by atoms with Crippen molar-refractivity contribution < 1.29 is 20.1 Å². The topological polar surface area (TPSA) is 77.8 Å². The number of carbonyl (C=O) groups is 1. The third-order valence-corrected chi connectivity index (χ3v) is 0.710. The molecule has 2 atom stereocenters. The van der Waals surface area contributed by atoms with Crippen LogP contribution >= 0.6 is 0 Å². The van der Waals surface area contributed by atoms with E-state index in [1.807, 2.05) is 0 Å². The van der Waals surface area contributed by atoms with Crippen LogP contribution in [0.15, 0.2) is 0 Å². The van der Waals surface area contributed by atoms with Gasteiger partial charge in [-0.25, -0.2) is 4.79 Å². The van der Waals surface area contributed by atoms with Crippen molar-refractivity contribution in [2.45, 2.75) is 19.1 Å². The van der Waals surface area contributed by atoms with E-state index >= 15 is 0 Å². The minimum atomic E-state index is -1.66. The lowest BCUT2D eigenvalue weighted by molar-refractivity contribution is -0.151. The average molecular weight is 120 g/mol. The Bertz CT molecular complexity index is 88.0. The second-order valence-electron chi connectivity index (χ2n) is 1.52. The van der Waals surface area contributed by atoms with Gasteiger partial charge < -0.3 is 15.3 Å². The Balaban J connectivity index is 3.64. The zero-order valence-corrected chi connectivity index (χ0v) is 4.40. The number of carboxylic acid groups (broad SMARTS) is 1. The predicted molar refractivity (Wildman–Crippen MR) is 25.3 cm³/mol. The lowest BCUT2D eigenvalue weighted by atomic mass is 10.2. The summed E-state index contributed by atoms with van der Waals surface area (Å²) in [6.45, 7) is 1.21. The van der Waals surface area contributed by atoms with Crippen LogP contribution in [0.5, 0.6) is 0 Å². The molecule has 0 saturated heterocycles. The van der Waals surface area contributed by atoms with Crippen molar-refractivity contribution in [2.75, 3.05) is 0 Å². The molecule has 1 unspecified atom stereocenters. The van der Waals surface area contributed by atoms with E-state index < -0.39 is 18.2 Å². The molecule has 0 aromatic carbocycles. The molecule has 0 saturated carbocycles. The zero-order valence-electron chi connectivity index (χ0n) is 4.40. The molecule has 0 fully saturated rings. The first-order valence-corrected chi connectivity index (χ1v) is 2.14. The van der Waals surface area contributed by atoms with E-state index in [-0.39, 0.29) is 0 Å². The van der Waals surface area contributed by atoms with Crippen molar-refractivity contribution >= 4 is 5.97 Å². The minimum Gasteiger partial charge on any atom is -0.479 e. The van der Waals surface area contributed by atoms with Crippen molar-refractivity contribution in [3.05, 3.63) is 0 Å². The molecule has 0 spiro atoms. The standard InChI is InChI=1S/C4H8O4/c1-2(5)3(6)4(7)8/h2-3,5-6H,1H3,(H,7,8)/t2-,3?/m1/s1. The van der Waals surface area contributed by atoms with Crippen LogP contribution in [-0.2, 0) is 4.79 Å². The quantitative estimate of drug-likeness (QED) is 0.428. The molecule has 0 bridgehead atoms. The fraction of sp³-hybridized carbons (Fsp3) is 0.750. The lowest BCUT2D eigenvalue weighted by Gasteiger charge is -2.05. The Morgan fingerprint density at radius 2 is 1.88 bits per heavy atom. The normalized spacial score (nSPS) is 17.4. The van der Waals surface area contributed by atoms with E-state index in [2.05, 4.69) is 0 Å². The number of aliphatic hydroxyl groups is 2. The molecule has 0 aromatic heterocycles. The third-order valence-electron chi connectivity index (χ3n) is 0.710. The summed E-state index contributed by atoms with van der Waals surface area (Å²) in [4.78, 5) is 9.73. The average Bonchev–Trinajstić information content (AvgIpc) is 1.64. The fourth-order valence-electron chi connectivity index (χ4n) is 0.206. The largest absolute Gasteiger partial charge is 0.479 e. The van der Waals surface area contributed by atoms with Crippen LogP contribution < -0.4 is 0 Å². The summed E-state index contributed by atoms with van der Waals surface area (Å²) in [5.41, 5.74) is 0. The van der Waals surface area contributed by atoms with E-state index in [1.165, 1.54) is 6.92 Å². The van der Waals surface area contributed by atoms with Crippen LogP contribution in [0, 0.1) is 0 Å². The summed E-state index contributed by atoms with van der Waals surface area (Å²) in [6.07, 6.45) is -2.86. The Morgan fingerprint density at radius 1 is 1.50 bits per heavy atom. The van der Waals surface area contributed by atoms with Crippen molar-refractivity contribution in [1.82, 2.24) is 0 Å². The van der Waals surface area contributed by atoms with Crippen LogP contribution in [0.25, 0.3) is 0 Å². The highest BCUT2D eigenvalue weighted by molar-refractivity contribution is 5.72. The number of aliphatic hydroxyl groups excluding tert-OH is 2. The molecule has 8 heavy (non-hydrogen) atoms. The van der Waals surface area contributed by atoms with Crippen LogP contribution in [0.3, 0.4) is 0 Å². The van der Waals surface area contributed by atoms with Gasteiger partial charge >= 0.3 is 5.97 Å². The number of aliphatic carboxylic acids is 1. The van der Waals surface area contributed by atoms with E-state index in [4.69, 9.17) is 15.3 Å². The maximum absolute atomic E-state index is 9.73. The molecule has 0 aliphatic carbocycles. The highest BCUT2D eigenvalue weighted by Gasteiger charge is 2.18. The maximum atomic E-state index is 9.73. The summed E-state index contributed by atoms with van der Waals surface area (Å²) < 4.78 is 0. The monoisotopic (exact) mass is 120 g/mol. The van der Waals surface area contributed by atoms with Gasteiger partial charge in [0, 0.05) is 0 Å². The first kappa shape index (κ1) is 7.39. The molecule has 0 heterocycles. The minimum absolute atomic E-state index is 1.20. The van der Waals surface area contributed by atoms with Gasteiger partial charge in [-0.1, -0.05) is 0 Å². The van der Waals surface area contributed by atoms with Gasteiger partial charge in [0.25, 0.3) is 0 Å². The second kappa shape index (κ2) is 2.64. The Labute approximate surface area is 46.4 Å². The van der Waals surface area contributed by atoms with E-state index in [9.17, 15) is 4.79 Å². The van der Waals surface area contributed by atoms with Gasteiger partial charge in [0.2, 0.25) is 0 Å². The van der Waals surface area contributed by atoms with Crippen LogP contribution in [-0.4, -0.2) is 33.5 Å². The Morgan fingerprint density at radius 3 is 1.88 bits per heavy atom. The van der Waals surface area contributed by atoms with Gasteiger partial charge in [0.15, 0.2) is 6.10 Å². The van der Waals surface area contributed by atoms with E-state index in [1.54, 1.807) is 0 Å². The molecule has 3 N–H and O–H groups in total. The lowest BCUT2D eigenvalue weighted by Crippen LogP contribution is -2.30. The zero-order chi connectivity index (χ0) is 6.73. The third kappa shape index (κ3) is 1.90. The molecule has 0 amide bonds. The van der Waals surface area contributed by atoms with Crippen molar-refractivity contribution in [2.24, 2.45) is 0 Å². The summed E-state index contributed by atoms with van der Waals surface area (Å²) in [6, 6.07) is 0. The molecule has 0 aliphatic heterocycles. The molecule has 0 aliphatic rings. The van der Waals surface area contributed by atoms with Gasteiger partial charge in [-0.3, -0.25) is 0 Å². The van der Waals surface area contributed by atoms with E-state index in [0.717, 1.165) is 0 Å². The number of hydrogen-bond donors (Lipinski definition) is 3. The molecular weight excluding hydrogens is 112 g/mol. The smallest absolute Gasteiger partial charge is 0.335 e.